The lowest BCUT2D eigenvalue weighted by atomic mass is 10.2. The molecule has 1 aliphatic carbocycles. The summed E-state index contributed by atoms with van der Waals surface area (Å²) in [6.45, 7) is -0.350. The number of rotatable bonds is 6. The Morgan fingerprint density at radius 1 is 1.29 bits per heavy atom. The van der Waals surface area contributed by atoms with Crippen molar-refractivity contribution in [3.05, 3.63) is 29.3 Å². The summed E-state index contributed by atoms with van der Waals surface area (Å²) in [4.78, 5) is 21.5. The van der Waals surface area contributed by atoms with E-state index >= 15 is 0 Å². The third-order valence-corrected chi connectivity index (χ3v) is 2.84. The first-order valence-corrected chi connectivity index (χ1v) is 6.39. The van der Waals surface area contributed by atoms with Gasteiger partial charge in [0.1, 0.15) is 0 Å². The number of ether oxygens (including phenoxy) is 1. The Morgan fingerprint density at radius 2 is 1.90 bits per heavy atom. The highest BCUT2D eigenvalue weighted by Crippen LogP contribution is 2.24. The molecule has 0 aromatic heterocycles. The fraction of sp³-hybridized carbons (Fsp3) is 0.385. The fourth-order valence-electron chi connectivity index (χ4n) is 1.71. The number of benzene rings is 1. The highest BCUT2D eigenvalue weighted by Gasteiger charge is 2.21. The molecular formula is C13H15F2N3O3. The van der Waals surface area contributed by atoms with Crippen LogP contribution in [0.1, 0.15) is 18.4 Å². The van der Waals surface area contributed by atoms with Crippen LogP contribution in [0.5, 0.6) is 5.75 Å². The molecule has 0 spiro atoms. The van der Waals surface area contributed by atoms with Crippen LogP contribution in [0, 0.1) is 11.6 Å². The molecular weight excluding hydrogens is 284 g/mol. The first-order chi connectivity index (χ1) is 9.95. The van der Waals surface area contributed by atoms with Gasteiger partial charge >= 0.3 is 6.03 Å². The monoisotopic (exact) mass is 299 g/mol. The highest BCUT2D eigenvalue weighted by atomic mass is 19.1. The molecule has 1 aliphatic rings. The standard InChI is InChI=1S/C13H15F2N3O3/c14-9-3-7(5-17-8-1-2-8)4-10(15)12(9)21-6-11(19)18-13(16)20/h3-4,8,17H,1-2,5-6H2,(H3,16,18,19,20). The van der Waals surface area contributed by atoms with Crippen LogP contribution in [0.2, 0.25) is 0 Å². The van der Waals surface area contributed by atoms with Crippen LogP contribution < -0.4 is 21.1 Å². The maximum atomic E-state index is 13.7. The molecule has 4 N–H and O–H groups in total. The van der Waals surface area contributed by atoms with E-state index in [2.05, 4.69) is 5.32 Å². The molecule has 1 fully saturated rings. The zero-order valence-corrected chi connectivity index (χ0v) is 11.1. The van der Waals surface area contributed by atoms with Crippen molar-refractivity contribution in [2.75, 3.05) is 6.61 Å². The minimum absolute atomic E-state index is 0.362. The number of carbonyl (C=O) groups is 2. The van der Waals surface area contributed by atoms with Gasteiger partial charge in [-0.3, -0.25) is 10.1 Å². The Labute approximate surface area is 119 Å². The van der Waals surface area contributed by atoms with Crippen LogP contribution in [0.25, 0.3) is 0 Å². The predicted octanol–water partition coefficient (Wildman–Crippen LogP) is 0.790. The van der Waals surface area contributed by atoms with Gasteiger partial charge < -0.3 is 15.8 Å². The third-order valence-electron chi connectivity index (χ3n) is 2.84. The van der Waals surface area contributed by atoms with Crippen molar-refractivity contribution < 1.29 is 23.1 Å². The Kier molecular flexibility index (Phi) is 4.69. The average Bonchev–Trinajstić information content (AvgIpc) is 3.18. The van der Waals surface area contributed by atoms with Gasteiger partial charge in [0.05, 0.1) is 0 Å². The van der Waals surface area contributed by atoms with Crippen molar-refractivity contribution in [3.63, 3.8) is 0 Å². The summed E-state index contributed by atoms with van der Waals surface area (Å²) in [5.41, 5.74) is 5.17. The van der Waals surface area contributed by atoms with Crippen LogP contribution >= 0.6 is 0 Å². The van der Waals surface area contributed by atoms with Gasteiger partial charge in [-0.05, 0) is 30.5 Å². The predicted molar refractivity (Wildman–Crippen MR) is 69.4 cm³/mol. The molecule has 1 saturated carbocycles. The summed E-state index contributed by atoms with van der Waals surface area (Å²) < 4.78 is 32.2. The number of halogens is 2. The molecule has 6 nitrogen and oxygen atoms in total. The molecule has 0 radical (unpaired) electrons. The van der Waals surface area contributed by atoms with Gasteiger partial charge in [0, 0.05) is 12.6 Å². The van der Waals surface area contributed by atoms with Crippen LogP contribution in [-0.4, -0.2) is 24.6 Å². The molecule has 114 valence electrons. The van der Waals surface area contributed by atoms with Gasteiger partial charge in [0.15, 0.2) is 24.0 Å². The molecule has 0 atom stereocenters. The summed E-state index contributed by atoms with van der Waals surface area (Å²) in [5.74, 6) is -3.37. The first-order valence-electron chi connectivity index (χ1n) is 6.39. The van der Waals surface area contributed by atoms with E-state index in [1.165, 1.54) is 0 Å². The van der Waals surface area contributed by atoms with Crippen molar-refractivity contribution in [3.8, 4) is 5.75 Å². The number of nitrogens with two attached hydrogens (primary N) is 1. The van der Waals surface area contributed by atoms with E-state index < -0.39 is 35.9 Å². The number of primary amides is 1. The zero-order valence-electron chi connectivity index (χ0n) is 11.1. The second-order valence-corrected chi connectivity index (χ2v) is 4.74. The molecule has 21 heavy (non-hydrogen) atoms. The summed E-state index contributed by atoms with van der Waals surface area (Å²) in [5, 5.41) is 4.85. The second kappa shape index (κ2) is 6.49. The van der Waals surface area contributed by atoms with Crippen molar-refractivity contribution in [2.24, 2.45) is 5.73 Å². The topological polar surface area (TPSA) is 93.5 Å². The molecule has 0 aliphatic heterocycles. The SMILES string of the molecule is NC(=O)NC(=O)COc1c(F)cc(CNC2CC2)cc1F. The number of hydrogen-bond acceptors (Lipinski definition) is 4. The smallest absolute Gasteiger partial charge is 0.318 e. The zero-order chi connectivity index (χ0) is 15.4. The van der Waals surface area contributed by atoms with Gasteiger partial charge in [-0.15, -0.1) is 0 Å². The molecule has 8 heteroatoms. The van der Waals surface area contributed by atoms with E-state index in [0.29, 0.717) is 18.2 Å². The van der Waals surface area contributed by atoms with Gasteiger partial charge in [-0.2, -0.15) is 0 Å². The van der Waals surface area contributed by atoms with E-state index in [4.69, 9.17) is 10.5 Å². The van der Waals surface area contributed by atoms with Crippen molar-refractivity contribution >= 4 is 11.9 Å². The normalized spacial score (nSPS) is 13.8. The minimum Gasteiger partial charge on any atom is -0.478 e. The molecule has 2 rings (SSSR count). The van der Waals surface area contributed by atoms with E-state index in [9.17, 15) is 18.4 Å². The van der Waals surface area contributed by atoms with Gasteiger partial charge in [0.2, 0.25) is 0 Å². The maximum absolute atomic E-state index is 13.7. The number of nitrogens with one attached hydrogen (secondary N) is 2. The van der Waals surface area contributed by atoms with E-state index in [0.717, 1.165) is 25.0 Å². The van der Waals surface area contributed by atoms with Crippen molar-refractivity contribution in [1.82, 2.24) is 10.6 Å². The van der Waals surface area contributed by atoms with Crippen LogP contribution in [0.15, 0.2) is 12.1 Å². The molecule has 1 aromatic carbocycles. The van der Waals surface area contributed by atoms with E-state index in [-0.39, 0.29) is 0 Å². The summed E-state index contributed by atoms with van der Waals surface area (Å²) in [6, 6.07) is 1.63. The molecule has 0 unspecified atom stereocenters. The Bertz CT molecular complexity index is 539. The number of imide groups is 1. The molecule has 3 amide bonds. The van der Waals surface area contributed by atoms with Crippen LogP contribution in [0.3, 0.4) is 0 Å². The number of carbonyl (C=O) groups excluding carboxylic acids is 2. The van der Waals surface area contributed by atoms with Crippen molar-refractivity contribution in [2.45, 2.75) is 25.4 Å². The number of amides is 3. The quantitative estimate of drug-likeness (QED) is 0.724. The molecule has 0 saturated heterocycles. The average molecular weight is 299 g/mol. The fourth-order valence-corrected chi connectivity index (χ4v) is 1.71. The number of urea groups is 1. The van der Waals surface area contributed by atoms with Crippen LogP contribution in [-0.2, 0) is 11.3 Å². The largest absolute Gasteiger partial charge is 0.478 e. The Hall–Kier alpha value is -2.22. The Morgan fingerprint density at radius 3 is 2.43 bits per heavy atom. The highest BCUT2D eigenvalue weighted by molar-refractivity contribution is 5.94. The number of hydrogen-bond donors (Lipinski definition) is 3. The lowest BCUT2D eigenvalue weighted by Crippen LogP contribution is -2.38. The molecule has 0 heterocycles. The molecule has 0 bridgehead atoms. The lowest BCUT2D eigenvalue weighted by Gasteiger charge is -2.10. The second-order valence-electron chi connectivity index (χ2n) is 4.74. The summed E-state index contributed by atoms with van der Waals surface area (Å²) in [7, 11) is 0. The van der Waals surface area contributed by atoms with Gasteiger partial charge in [-0.1, -0.05) is 0 Å². The van der Waals surface area contributed by atoms with E-state index in [1.807, 2.05) is 0 Å². The third kappa shape index (κ3) is 4.67. The minimum atomic E-state index is -1.06. The molecule has 1 aromatic rings. The van der Waals surface area contributed by atoms with Gasteiger partial charge in [-0.25, -0.2) is 13.6 Å². The summed E-state index contributed by atoms with van der Waals surface area (Å²) in [6.07, 6.45) is 2.14. The van der Waals surface area contributed by atoms with Crippen molar-refractivity contribution in [1.29, 1.82) is 0 Å². The van der Waals surface area contributed by atoms with E-state index in [1.54, 1.807) is 5.32 Å². The van der Waals surface area contributed by atoms with Crippen LogP contribution in [0.4, 0.5) is 13.6 Å². The maximum Gasteiger partial charge on any atom is 0.318 e. The summed E-state index contributed by atoms with van der Waals surface area (Å²) >= 11 is 0. The first kappa shape index (κ1) is 15.2. The lowest BCUT2D eigenvalue weighted by molar-refractivity contribution is -0.122. The Balaban J connectivity index is 1.95. The van der Waals surface area contributed by atoms with Gasteiger partial charge in [0.25, 0.3) is 5.91 Å².